The number of nitrogens with two attached hydrogens (primary N) is 1. The predicted octanol–water partition coefficient (Wildman–Crippen LogP) is 3.37. The van der Waals surface area contributed by atoms with Crippen LogP contribution in [0, 0.1) is 11.8 Å². The highest BCUT2D eigenvalue weighted by atomic mass is 32.2. The average molecular weight is 578 g/mol. The maximum Gasteiger partial charge on any atom is 0.264 e. The standard InChI is InChI=1S/C12H18N2O3S.C11H16N2O.C6H13NO/c1-18(15,16)17-11-5-3-10(4-6-11)9-12-13-7-2-8-14-12;14-10-4-2-9(3-5-10)8-11-12-6-1-7-13-11;7-5-1-3-6(8)4-2-5/h2,7-8,10-11H,3-6,9H2,1H3;1,6-7,9-10,14H,2-5,8H2;5-6,8H,1-4,7H2. The van der Waals surface area contributed by atoms with Crippen molar-refractivity contribution in [1.29, 1.82) is 0 Å². The van der Waals surface area contributed by atoms with Gasteiger partial charge >= 0.3 is 0 Å². The van der Waals surface area contributed by atoms with Gasteiger partial charge in [-0.25, -0.2) is 19.9 Å². The van der Waals surface area contributed by atoms with Gasteiger partial charge in [-0.05, 0) is 101 Å². The minimum Gasteiger partial charge on any atom is -0.393 e. The first-order chi connectivity index (χ1) is 19.2. The van der Waals surface area contributed by atoms with Gasteiger partial charge in [0.25, 0.3) is 10.1 Å². The first-order valence-electron chi connectivity index (χ1n) is 14.7. The van der Waals surface area contributed by atoms with Crippen molar-refractivity contribution >= 4 is 10.1 Å². The number of aliphatic hydroxyl groups is 2. The number of aromatic nitrogens is 4. The highest BCUT2D eigenvalue weighted by Crippen LogP contribution is 2.29. The van der Waals surface area contributed by atoms with Gasteiger partial charge in [0.2, 0.25) is 0 Å². The van der Waals surface area contributed by atoms with Crippen LogP contribution in [0.2, 0.25) is 0 Å². The molecule has 0 radical (unpaired) electrons. The average Bonchev–Trinajstić information content (AvgIpc) is 2.94. The number of nitrogens with zero attached hydrogens (tertiary/aromatic N) is 4. The van der Waals surface area contributed by atoms with E-state index in [9.17, 15) is 13.5 Å². The van der Waals surface area contributed by atoms with E-state index in [1.165, 1.54) is 0 Å². The van der Waals surface area contributed by atoms with E-state index in [4.69, 9.17) is 15.0 Å². The summed E-state index contributed by atoms with van der Waals surface area (Å²) in [7, 11) is -3.32. The van der Waals surface area contributed by atoms with Gasteiger partial charge in [-0.1, -0.05) is 0 Å². The van der Waals surface area contributed by atoms with Crippen LogP contribution in [0.5, 0.6) is 0 Å². The molecule has 0 aromatic carbocycles. The predicted molar refractivity (Wildman–Crippen MR) is 154 cm³/mol. The second kappa shape index (κ2) is 17.0. The van der Waals surface area contributed by atoms with Crippen LogP contribution < -0.4 is 5.73 Å². The Hall–Kier alpha value is -2.05. The van der Waals surface area contributed by atoms with E-state index in [1.807, 2.05) is 6.07 Å². The van der Waals surface area contributed by atoms with Crippen LogP contribution >= 0.6 is 0 Å². The highest BCUT2D eigenvalue weighted by Gasteiger charge is 2.25. The van der Waals surface area contributed by atoms with Crippen LogP contribution in [0.4, 0.5) is 0 Å². The second-order valence-electron chi connectivity index (χ2n) is 11.4. The van der Waals surface area contributed by atoms with E-state index >= 15 is 0 Å². The summed E-state index contributed by atoms with van der Waals surface area (Å²) in [5.74, 6) is 3.01. The number of hydrogen-bond acceptors (Lipinski definition) is 10. The summed E-state index contributed by atoms with van der Waals surface area (Å²) in [6.07, 6.45) is 21.2. The van der Waals surface area contributed by atoms with E-state index in [-0.39, 0.29) is 18.3 Å². The van der Waals surface area contributed by atoms with E-state index in [1.54, 1.807) is 30.9 Å². The Morgan fingerprint density at radius 1 is 0.700 bits per heavy atom. The van der Waals surface area contributed by atoms with Crippen molar-refractivity contribution in [3.05, 3.63) is 48.6 Å². The number of aliphatic hydroxyl groups excluding tert-OH is 2. The molecule has 3 aliphatic rings. The molecule has 0 saturated heterocycles. The summed E-state index contributed by atoms with van der Waals surface area (Å²) in [6, 6.07) is 4.01. The third-order valence-corrected chi connectivity index (χ3v) is 8.47. The fourth-order valence-electron chi connectivity index (χ4n) is 5.52. The molecule has 0 bridgehead atoms. The molecule has 2 aromatic rings. The summed E-state index contributed by atoms with van der Waals surface area (Å²) >= 11 is 0. The normalized spacial score (nSPS) is 28.8. The fourth-order valence-corrected chi connectivity index (χ4v) is 6.20. The summed E-state index contributed by atoms with van der Waals surface area (Å²) in [4.78, 5) is 16.9. The molecule has 224 valence electrons. The van der Waals surface area contributed by atoms with Gasteiger partial charge < -0.3 is 15.9 Å². The molecule has 0 atom stereocenters. The van der Waals surface area contributed by atoms with Crippen LogP contribution in [0.15, 0.2) is 36.9 Å². The molecule has 0 spiro atoms. The first kappa shape index (κ1) is 32.5. The smallest absolute Gasteiger partial charge is 0.264 e. The minimum absolute atomic E-state index is 0.0604. The van der Waals surface area contributed by atoms with Crippen molar-refractivity contribution in [1.82, 2.24) is 19.9 Å². The largest absolute Gasteiger partial charge is 0.393 e. The topological polar surface area (TPSA) is 161 Å². The zero-order valence-corrected chi connectivity index (χ0v) is 24.5. The van der Waals surface area contributed by atoms with Crippen LogP contribution in [-0.4, -0.2) is 69.2 Å². The molecular weight excluding hydrogens is 530 g/mol. The molecule has 10 nitrogen and oxygen atoms in total. The molecule has 0 aliphatic heterocycles. The Morgan fingerprint density at radius 2 is 1.07 bits per heavy atom. The molecule has 2 heterocycles. The van der Waals surface area contributed by atoms with Gasteiger partial charge in [0.1, 0.15) is 11.6 Å². The maximum atomic E-state index is 11.0. The maximum absolute atomic E-state index is 11.0. The van der Waals surface area contributed by atoms with Crippen molar-refractivity contribution < 1.29 is 22.8 Å². The van der Waals surface area contributed by atoms with Gasteiger partial charge in [-0.3, -0.25) is 4.18 Å². The van der Waals surface area contributed by atoms with Gasteiger partial charge in [0.15, 0.2) is 0 Å². The molecule has 3 aliphatic carbocycles. The van der Waals surface area contributed by atoms with E-state index < -0.39 is 10.1 Å². The molecule has 11 heteroatoms. The van der Waals surface area contributed by atoms with Gasteiger partial charge in [0, 0.05) is 43.7 Å². The van der Waals surface area contributed by atoms with Crippen LogP contribution in [0.1, 0.15) is 88.7 Å². The Bertz CT molecular complexity index is 1030. The molecule has 0 unspecified atom stereocenters. The van der Waals surface area contributed by atoms with Crippen molar-refractivity contribution in [3.8, 4) is 0 Å². The first-order valence-corrected chi connectivity index (χ1v) is 16.5. The lowest BCUT2D eigenvalue weighted by atomic mass is 9.85. The monoisotopic (exact) mass is 577 g/mol. The molecule has 3 fully saturated rings. The zero-order chi connectivity index (χ0) is 28.8. The lowest BCUT2D eigenvalue weighted by molar-refractivity contribution is 0.108. The molecule has 5 rings (SSSR count). The summed E-state index contributed by atoms with van der Waals surface area (Å²) < 4.78 is 27.1. The molecule has 0 amide bonds. The Labute approximate surface area is 239 Å². The summed E-state index contributed by atoms with van der Waals surface area (Å²) in [5, 5.41) is 18.3. The summed E-state index contributed by atoms with van der Waals surface area (Å²) in [5.41, 5.74) is 5.59. The third-order valence-electron chi connectivity index (χ3n) is 7.84. The van der Waals surface area contributed by atoms with Crippen LogP contribution in [-0.2, 0) is 27.1 Å². The lowest BCUT2D eigenvalue weighted by Gasteiger charge is -2.27. The number of rotatable bonds is 6. The molecule has 2 aromatic heterocycles. The van der Waals surface area contributed by atoms with Gasteiger partial charge in [-0.15, -0.1) is 0 Å². The highest BCUT2D eigenvalue weighted by molar-refractivity contribution is 7.86. The quantitative estimate of drug-likeness (QED) is 0.434. The molecule has 3 saturated carbocycles. The van der Waals surface area contributed by atoms with Crippen LogP contribution in [0.3, 0.4) is 0 Å². The van der Waals surface area contributed by atoms with Crippen molar-refractivity contribution in [2.75, 3.05) is 6.26 Å². The molecule has 40 heavy (non-hydrogen) atoms. The second-order valence-corrected chi connectivity index (χ2v) is 13.0. The van der Waals surface area contributed by atoms with Crippen LogP contribution in [0.25, 0.3) is 0 Å². The Balaban J connectivity index is 0.000000178. The van der Waals surface area contributed by atoms with Crippen molar-refractivity contribution in [3.63, 3.8) is 0 Å². The van der Waals surface area contributed by atoms with E-state index in [0.29, 0.717) is 17.9 Å². The van der Waals surface area contributed by atoms with Crippen molar-refractivity contribution in [2.45, 2.75) is 114 Å². The Kier molecular flexibility index (Phi) is 13.8. The molecule has 4 N–H and O–H groups in total. The third kappa shape index (κ3) is 13.5. The molecular formula is C29H47N5O5S. The summed E-state index contributed by atoms with van der Waals surface area (Å²) in [6.45, 7) is 0. The zero-order valence-electron chi connectivity index (χ0n) is 23.7. The Morgan fingerprint density at radius 3 is 1.45 bits per heavy atom. The van der Waals surface area contributed by atoms with E-state index in [0.717, 1.165) is 108 Å². The SMILES string of the molecule is CS(=O)(=O)OC1CCC(Cc2ncccn2)CC1.NC1CCC(O)CC1.OC1CCC(Cc2ncccn2)CC1. The minimum atomic E-state index is -3.32. The fraction of sp³-hybridized carbons (Fsp3) is 0.724. The van der Waals surface area contributed by atoms with Crippen molar-refractivity contribution in [2.24, 2.45) is 17.6 Å². The lowest BCUT2D eigenvalue weighted by Crippen LogP contribution is -2.28. The van der Waals surface area contributed by atoms with Gasteiger partial charge in [-0.2, -0.15) is 8.42 Å². The van der Waals surface area contributed by atoms with Gasteiger partial charge in [0.05, 0.1) is 24.6 Å². The van der Waals surface area contributed by atoms with E-state index in [2.05, 4.69) is 19.9 Å². The number of hydrogen-bond donors (Lipinski definition) is 3.